The second kappa shape index (κ2) is 4.54. The Bertz CT molecular complexity index is 436. The molecule has 2 rings (SSSR count). The van der Waals surface area contributed by atoms with Gasteiger partial charge in [-0.25, -0.2) is 0 Å². The smallest absolute Gasteiger partial charge is 0.250 e. The Labute approximate surface area is 114 Å². The van der Waals surface area contributed by atoms with E-state index in [9.17, 15) is 9.59 Å². The van der Waals surface area contributed by atoms with E-state index in [0.717, 1.165) is 0 Å². The van der Waals surface area contributed by atoms with Crippen LogP contribution in [0, 0.1) is 0 Å². The Morgan fingerprint density at radius 1 is 1.32 bits per heavy atom. The zero-order valence-corrected chi connectivity index (χ0v) is 12.2. The maximum Gasteiger partial charge on any atom is 0.250 e. The molecule has 2 aliphatic heterocycles. The van der Waals surface area contributed by atoms with E-state index >= 15 is 0 Å². The van der Waals surface area contributed by atoms with Gasteiger partial charge in [0.05, 0.1) is 12.1 Å². The van der Waals surface area contributed by atoms with Crippen LogP contribution in [0.4, 0.5) is 0 Å². The second-order valence-electron chi connectivity index (χ2n) is 6.31. The van der Waals surface area contributed by atoms with Gasteiger partial charge < -0.3 is 15.0 Å². The van der Waals surface area contributed by atoms with Crippen molar-refractivity contribution in [3.8, 4) is 0 Å². The number of carbonyl (C=O) groups is 2. The van der Waals surface area contributed by atoms with Crippen LogP contribution in [-0.4, -0.2) is 40.4 Å². The number of ether oxygens (including phenoxy) is 1. The summed E-state index contributed by atoms with van der Waals surface area (Å²) in [6.45, 7) is 9.74. The highest BCUT2D eigenvalue weighted by Gasteiger charge is 2.43. The molecule has 106 valence electrons. The minimum atomic E-state index is -0.328. The Morgan fingerprint density at radius 2 is 1.95 bits per heavy atom. The molecule has 3 atom stereocenters. The predicted molar refractivity (Wildman–Crippen MR) is 71.2 cm³/mol. The Morgan fingerprint density at radius 3 is 2.42 bits per heavy atom. The van der Waals surface area contributed by atoms with Gasteiger partial charge in [0.2, 0.25) is 5.91 Å². The van der Waals surface area contributed by atoms with Gasteiger partial charge in [0.25, 0.3) is 5.91 Å². The van der Waals surface area contributed by atoms with Gasteiger partial charge in [-0.05, 0) is 34.6 Å². The van der Waals surface area contributed by atoms with Gasteiger partial charge in [0, 0.05) is 18.5 Å². The van der Waals surface area contributed by atoms with E-state index < -0.39 is 0 Å². The first-order valence-corrected chi connectivity index (χ1v) is 6.71. The molecule has 1 fully saturated rings. The number of amides is 2. The van der Waals surface area contributed by atoms with E-state index in [1.54, 1.807) is 11.0 Å². The minimum Gasteiger partial charge on any atom is -0.490 e. The summed E-state index contributed by atoms with van der Waals surface area (Å²) >= 11 is 0. The van der Waals surface area contributed by atoms with Gasteiger partial charge >= 0.3 is 0 Å². The molecule has 0 radical (unpaired) electrons. The number of carbonyl (C=O) groups excluding carboxylic acids is 2. The largest absolute Gasteiger partial charge is 0.490 e. The quantitative estimate of drug-likeness (QED) is 0.817. The molecule has 1 N–H and O–H groups in total. The lowest BCUT2D eigenvalue weighted by Gasteiger charge is -2.33. The number of rotatable bonds is 2. The number of nitrogens with zero attached hydrogens (tertiary/aromatic N) is 1. The highest BCUT2D eigenvalue weighted by molar-refractivity contribution is 5.93. The molecule has 0 unspecified atom stereocenters. The van der Waals surface area contributed by atoms with E-state index in [4.69, 9.17) is 4.74 Å². The standard InChI is InChI=1S/C14H22N2O3/c1-8-10(6-12(17)15-8)16-9(2)11(7-13(16)18)19-14(3,4)5/h7-10H,6H2,1-5H3,(H,15,17)/t8-,9-,10-/m0/s1. The normalized spacial score (nSPS) is 31.5. The maximum absolute atomic E-state index is 12.2. The number of hydrogen-bond acceptors (Lipinski definition) is 3. The van der Waals surface area contributed by atoms with Gasteiger partial charge in [-0.1, -0.05) is 0 Å². The minimum absolute atomic E-state index is 0.00249. The Hall–Kier alpha value is -1.52. The Kier molecular flexibility index (Phi) is 3.32. The van der Waals surface area contributed by atoms with E-state index in [1.165, 1.54) is 0 Å². The summed E-state index contributed by atoms with van der Waals surface area (Å²) in [6, 6.07) is -0.222. The molecule has 0 aromatic heterocycles. The Balaban J connectivity index is 2.14. The van der Waals surface area contributed by atoms with E-state index in [-0.39, 0.29) is 35.5 Å². The summed E-state index contributed by atoms with van der Waals surface area (Å²) in [7, 11) is 0. The van der Waals surface area contributed by atoms with Crippen LogP contribution in [0.5, 0.6) is 0 Å². The zero-order chi connectivity index (χ0) is 14.4. The lowest BCUT2D eigenvalue weighted by Crippen LogP contribution is -2.47. The highest BCUT2D eigenvalue weighted by atomic mass is 16.5. The third kappa shape index (κ3) is 2.74. The third-order valence-electron chi connectivity index (χ3n) is 3.49. The molecule has 19 heavy (non-hydrogen) atoms. The SMILES string of the molecule is C[C@@H]1NC(=O)C[C@@H]1N1C(=O)C=C(OC(C)(C)C)[C@@H]1C. The first kappa shape index (κ1) is 13.9. The average Bonchev–Trinajstić information content (AvgIpc) is 2.66. The maximum atomic E-state index is 12.2. The average molecular weight is 266 g/mol. The van der Waals surface area contributed by atoms with Crippen LogP contribution in [0.1, 0.15) is 41.0 Å². The summed E-state index contributed by atoms with van der Waals surface area (Å²) in [5.74, 6) is 0.617. The number of hydrogen-bond donors (Lipinski definition) is 1. The molecule has 2 heterocycles. The monoisotopic (exact) mass is 266 g/mol. The molecule has 5 heteroatoms. The fourth-order valence-electron chi connectivity index (χ4n) is 2.68. The summed E-state index contributed by atoms with van der Waals surface area (Å²) in [5.41, 5.74) is -0.328. The predicted octanol–water partition coefficient (Wildman–Crippen LogP) is 1.19. The van der Waals surface area contributed by atoms with Crippen LogP contribution in [0.2, 0.25) is 0 Å². The molecule has 0 saturated carbocycles. The van der Waals surface area contributed by atoms with Crippen molar-refractivity contribution in [2.45, 2.75) is 64.8 Å². The van der Waals surface area contributed by atoms with Gasteiger partial charge in [-0.15, -0.1) is 0 Å². The fourth-order valence-corrected chi connectivity index (χ4v) is 2.68. The molecule has 0 spiro atoms. The van der Waals surface area contributed by atoms with Gasteiger partial charge in [0.1, 0.15) is 11.4 Å². The molecular formula is C14H22N2O3. The highest BCUT2D eigenvalue weighted by Crippen LogP contribution is 2.30. The van der Waals surface area contributed by atoms with Crippen LogP contribution < -0.4 is 5.32 Å². The van der Waals surface area contributed by atoms with Crippen molar-refractivity contribution >= 4 is 11.8 Å². The molecule has 5 nitrogen and oxygen atoms in total. The summed E-state index contributed by atoms with van der Waals surface area (Å²) in [6.07, 6.45) is 1.92. The van der Waals surface area contributed by atoms with Crippen LogP contribution in [0.25, 0.3) is 0 Å². The van der Waals surface area contributed by atoms with E-state index in [0.29, 0.717) is 12.2 Å². The zero-order valence-electron chi connectivity index (χ0n) is 12.2. The molecule has 0 aromatic carbocycles. The van der Waals surface area contributed by atoms with Crippen LogP contribution in [0.3, 0.4) is 0 Å². The molecule has 2 amide bonds. The molecule has 2 aliphatic rings. The topological polar surface area (TPSA) is 58.6 Å². The third-order valence-corrected chi connectivity index (χ3v) is 3.49. The van der Waals surface area contributed by atoms with Crippen molar-refractivity contribution in [2.24, 2.45) is 0 Å². The lowest BCUT2D eigenvalue weighted by molar-refractivity contribution is -0.128. The molecule has 0 bridgehead atoms. The van der Waals surface area contributed by atoms with Crippen molar-refractivity contribution in [1.82, 2.24) is 10.2 Å². The van der Waals surface area contributed by atoms with Crippen molar-refractivity contribution in [3.05, 3.63) is 11.8 Å². The summed E-state index contributed by atoms with van der Waals surface area (Å²) in [5, 5.41) is 2.85. The van der Waals surface area contributed by atoms with Crippen LogP contribution in [0.15, 0.2) is 11.8 Å². The first-order valence-electron chi connectivity index (χ1n) is 6.71. The van der Waals surface area contributed by atoms with Crippen molar-refractivity contribution in [1.29, 1.82) is 0 Å². The lowest BCUT2D eigenvalue weighted by atomic mass is 10.1. The molecular weight excluding hydrogens is 244 g/mol. The van der Waals surface area contributed by atoms with Crippen LogP contribution >= 0.6 is 0 Å². The molecule has 0 aromatic rings. The summed E-state index contributed by atoms with van der Waals surface area (Å²) in [4.78, 5) is 25.4. The molecule has 1 saturated heterocycles. The van der Waals surface area contributed by atoms with Crippen molar-refractivity contribution in [3.63, 3.8) is 0 Å². The van der Waals surface area contributed by atoms with Gasteiger partial charge in [-0.2, -0.15) is 0 Å². The van der Waals surface area contributed by atoms with Crippen molar-refractivity contribution < 1.29 is 14.3 Å². The van der Waals surface area contributed by atoms with Gasteiger partial charge in [-0.3, -0.25) is 9.59 Å². The summed E-state index contributed by atoms with van der Waals surface area (Å²) < 4.78 is 5.83. The van der Waals surface area contributed by atoms with E-state index in [2.05, 4.69) is 5.32 Å². The van der Waals surface area contributed by atoms with Gasteiger partial charge in [0.15, 0.2) is 0 Å². The second-order valence-corrected chi connectivity index (χ2v) is 6.31. The van der Waals surface area contributed by atoms with E-state index in [1.807, 2.05) is 34.6 Å². The first-order chi connectivity index (χ1) is 8.69. The molecule has 0 aliphatic carbocycles. The van der Waals surface area contributed by atoms with Crippen LogP contribution in [-0.2, 0) is 14.3 Å². The number of nitrogens with one attached hydrogen (secondary N) is 1. The fraction of sp³-hybridized carbons (Fsp3) is 0.714. The van der Waals surface area contributed by atoms with Crippen molar-refractivity contribution in [2.75, 3.05) is 0 Å².